The molecule has 0 fully saturated rings. The van der Waals surface area contributed by atoms with Crippen LogP contribution >= 0.6 is 0 Å². The van der Waals surface area contributed by atoms with Crippen LogP contribution in [-0.2, 0) is 16.6 Å². The third-order valence-electron chi connectivity index (χ3n) is 4.41. The van der Waals surface area contributed by atoms with Gasteiger partial charge in [-0.05, 0) is 31.0 Å². The quantitative estimate of drug-likeness (QED) is 0.709. The molecule has 2 aromatic carbocycles. The lowest BCUT2D eigenvalue weighted by atomic mass is 9.96. The van der Waals surface area contributed by atoms with E-state index in [1.807, 2.05) is 10.8 Å². The van der Waals surface area contributed by atoms with E-state index in [0.29, 0.717) is 0 Å². The van der Waals surface area contributed by atoms with Crippen molar-refractivity contribution in [2.75, 3.05) is 6.54 Å². The number of sulfonamides is 1. The molecule has 0 aliphatic rings. The van der Waals surface area contributed by atoms with Gasteiger partial charge >= 0.3 is 6.18 Å². The van der Waals surface area contributed by atoms with E-state index in [-0.39, 0.29) is 11.4 Å². The first kappa shape index (κ1) is 21.4. The summed E-state index contributed by atoms with van der Waals surface area (Å²) in [6.45, 7) is 2.71. The topological polar surface area (TPSA) is 58.2 Å². The normalized spacial score (nSPS) is 14.7. The van der Waals surface area contributed by atoms with Gasteiger partial charge in [0.1, 0.15) is 5.54 Å². The van der Waals surface area contributed by atoms with Crippen LogP contribution < -0.4 is 10.0 Å². The van der Waals surface area contributed by atoms with Crippen LogP contribution in [0.4, 0.5) is 13.2 Å². The Kier molecular flexibility index (Phi) is 6.67. The molecule has 4 nitrogen and oxygen atoms in total. The molecule has 27 heavy (non-hydrogen) atoms. The molecule has 0 unspecified atom stereocenters. The number of hydrogen-bond acceptors (Lipinski definition) is 3. The predicted molar refractivity (Wildman–Crippen MR) is 98.7 cm³/mol. The molecular weight excluding hydrogens is 377 g/mol. The summed E-state index contributed by atoms with van der Waals surface area (Å²) in [6.07, 6.45) is -5.20. The molecule has 2 rings (SSSR count). The van der Waals surface area contributed by atoms with Crippen LogP contribution in [0.15, 0.2) is 59.5 Å². The van der Waals surface area contributed by atoms with Crippen molar-refractivity contribution in [3.05, 3.63) is 65.7 Å². The van der Waals surface area contributed by atoms with Crippen molar-refractivity contribution in [2.45, 2.75) is 43.4 Å². The molecule has 0 radical (unpaired) electrons. The third kappa shape index (κ3) is 5.31. The molecule has 2 aromatic rings. The Morgan fingerprint density at radius 3 is 2.07 bits per heavy atom. The molecule has 0 amide bonds. The van der Waals surface area contributed by atoms with Crippen molar-refractivity contribution in [3.63, 3.8) is 0 Å². The summed E-state index contributed by atoms with van der Waals surface area (Å²) < 4.78 is 68.6. The first-order valence-electron chi connectivity index (χ1n) is 8.52. The standard InChI is InChI=1S/C19H23F3N2O2S/c1-3-18(19(20,21)22,14-23-13-16-7-5-4-6-8-16)24-27(25,26)17-11-9-15(2)10-12-17/h4-12,23-24H,3,13-14H2,1-2H3/t18-/m0/s1. The Morgan fingerprint density at radius 1 is 0.963 bits per heavy atom. The summed E-state index contributed by atoms with van der Waals surface area (Å²) in [5.74, 6) is 0. The minimum Gasteiger partial charge on any atom is -0.310 e. The zero-order valence-corrected chi connectivity index (χ0v) is 16.0. The van der Waals surface area contributed by atoms with Crippen molar-refractivity contribution in [1.29, 1.82) is 0 Å². The van der Waals surface area contributed by atoms with E-state index in [2.05, 4.69) is 5.32 Å². The molecule has 8 heteroatoms. The average molecular weight is 400 g/mol. The summed E-state index contributed by atoms with van der Waals surface area (Å²) >= 11 is 0. The van der Waals surface area contributed by atoms with Gasteiger partial charge in [0.25, 0.3) is 0 Å². The maximum absolute atomic E-state index is 13.8. The highest BCUT2D eigenvalue weighted by atomic mass is 32.2. The zero-order chi connectivity index (χ0) is 20.1. The zero-order valence-electron chi connectivity index (χ0n) is 15.2. The molecule has 2 N–H and O–H groups in total. The van der Waals surface area contributed by atoms with E-state index in [0.717, 1.165) is 11.1 Å². The van der Waals surface area contributed by atoms with Gasteiger partial charge in [0.05, 0.1) is 4.90 Å². The largest absolute Gasteiger partial charge is 0.408 e. The van der Waals surface area contributed by atoms with Crippen LogP contribution in [0.25, 0.3) is 0 Å². The highest BCUT2D eigenvalue weighted by Gasteiger charge is 2.55. The second-order valence-electron chi connectivity index (χ2n) is 6.44. The number of nitrogens with one attached hydrogen (secondary N) is 2. The number of rotatable bonds is 8. The fraction of sp³-hybridized carbons (Fsp3) is 0.368. The van der Waals surface area contributed by atoms with Gasteiger partial charge in [-0.2, -0.15) is 17.9 Å². The molecule has 0 saturated heterocycles. The highest BCUT2D eigenvalue weighted by Crippen LogP contribution is 2.34. The Morgan fingerprint density at radius 2 is 1.56 bits per heavy atom. The number of benzene rings is 2. The van der Waals surface area contributed by atoms with E-state index in [1.54, 1.807) is 43.3 Å². The van der Waals surface area contributed by atoms with Crippen molar-refractivity contribution >= 4 is 10.0 Å². The fourth-order valence-corrected chi connectivity index (χ4v) is 4.10. The lowest BCUT2D eigenvalue weighted by Crippen LogP contribution is -2.63. The molecule has 0 bridgehead atoms. The van der Waals surface area contributed by atoms with Crippen molar-refractivity contribution in [3.8, 4) is 0 Å². The van der Waals surface area contributed by atoms with Gasteiger partial charge in [-0.15, -0.1) is 0 Å². The molecule has 0 aliphatic heterocycles. The summed E-state index contributed by atoms with van der Waals surface area (Å²) in [4.78, 5) is -0.196. The monoisotopic (exact) mass is 400 g/mol. The van der Waals surface area contributed by atoms with Crippen LogP contribution in [0.1, 0.15) is 24.5 Å². The van der Waals surface area contributed by atoms with Crippen LogP contribution in [0.5, 0.6) is 0 Å². The minimum absolute atomic E-state index is 0.196. The molecule has 0 heterocycles. The van der Waals surface area contributed by atoms with Gasteiger partial charge in [-0.25, -0.2) is 8.42 Å². The first-order valence-corrected chi connectivity index (χ1v) is 10.00. The Hall–Kier alpha value is -1.90. The second-order valence-corrected chi connectivity index (χ2v) is 8.12. The van der Waals surface area contributed by atoms with Crippen molar-refractivity contribution in [1.82, 2.24) is 10.0 Å². The van der Waals surface area contributed by atoms with E-state index in [4.69, 9.17) is 0 Å². The van der Waals surface area contributed by atoms with Crippen LogP contribution in [0.2, 0.25) is 0 Å². The smallest absolute Gasteiger partial charge is 0.310 e. The SMILES string of the molecule is CC[C@@](CNCc1ccccc1)(NS(=O)(=O)c1ccc(C)cc1)C(F)(F)F. The predicted octanol–water partition coefficient (Wildman–Crippen LogP) is 3.77. The molecule has 0 aromatic heterocycles. The van der Waals surface area contributed by atoms with Crippen LogP contribution in [-0.4, -0.2) is 26.7 Å². The third-order valence-corrected chi connectivity index (χ3v) is 5.96. The first-order chi connectivity index (χ1) is 12.6. The average Bonchev–Trinajstić information content (AvgIpc) is 2.61. The summed E-state index contributed by atoms with van der Waals surface area (Å²) in [5, 5.41) is 2.74. The van der Waals surface area contributed by atoms with E-state index in [1.165, 1.54) is 19.1 Å². The van der Waals surface area contributed by atoms with Gasteiger partial charge in [0.2, 0.25) is 10.0 Å². The number of aryl methyl sites for hydroxylation is 1. The lowest BCUT2D eigenvalue weighted by Gasteiger charge is -2.35. The van der Waals surface area contributed by atoms with Crippen molar-refractivity contribution in [2.24, 2.45) is 0 Å². The van der Waals surface area contributed by atoms with Gasteiger partial charge in [0, 0.05) is 13.1 Å². The number of alkyl halides is 3. The van der Waals surface area contributed by atoms with Gasteiger partial charge in [-0.3, -0.25) is 0 Å². The fourth-order valence-electron chi connectivity index (χ4n) is 2.64. The summed E-state index contributed by atoms with van der Waals surface area (Å²) in [5.41, 5.74) is -0.979. The highest BCUT2D eigenvalue weighted by molar-refractivity contribution is 7.89. The molecule has 0 saturated carbocycles. The number of hydrogen-bond donors (Lipinski definition) is 2. The Labute approximate surface area is 157 Å². The van der Waals surface area contributed by atoms with Gasteiger partial charge in [0.15, 0.2) is 0 Å². The lowest BCUT2D eigenvalue weighted by molar-refractivity contribution is -0.190. The van der Waals surface area contributed by atoms with E-state index in [9.17, 15) is 21.6 Å². The van der Waals surface area contributed by atoms with E-state index < -0.39 is 34.7 Å². The second kappa shape index (κ2) is 8.41. The molecule has 0 aliphatic carbocycles. The maximum atomic E-state index is 13.8. The Bertz CT molecular complexity index is 838. The molecule has 148 valence electrons. The Balaban J connectivity index is 2.23. The molecule has 1 atom stereocenters. The number of halogens is 3. The van der Waals surface area contributed by atoms with Crippen LogP contribution in [0.3, 0.4) is 0 Å². The van der Waals surface area contributed by atoms with Gasteiger partial charge in [-0.1, -0.05) is 55.0 Å². The summed E-state index contributed by atoms with van der Waals surface area (Å²) in [6, 6.07) is 14.6. The van der Waals surface area contributed by atoms with E-state index >= 15 is 0 Å². The van der Waals surface area contributed by atoms with Crippen molar-refractivity contribution < 1.29 is 21.6 Å². The minimum atomic E-state index is -4.76. The molecular formula is C19H23F3N2O2S. The summed E-state index contributed by atoms with van der Waals surface area (Å²) in [7, 11) is -4.33. The maximum Gasteiger partial charge on any atom is 0.408 e. The van der Waals surface area contributed by atoms with Gasteiger partial charge < -0.3 is 5.32 Å². The molecule has 0 spiro atoms. The van der Waals surface area contributed by atoms with Crippen LogP contribution in [0, 0.1) is 6.92 Å².